The van der Waals surface area contributed by atoms with Crippen molar-refractivity contribution in [3.8, 4) is 0 Å². The fourth-order valence-electron chi connectivity index (χ4n) is 1.74. The molecule has 2 unspecified atom stereocenters. The van der Waals surface area contributed by atoms with Gasteiger partial charge in [0.2, 0.25) is 0 Å². The van der Waals surface area contributed by atoms with Crippen LogP contribution < -0.4 is 0 Å². The van der Waals surface area contributed by atoms with E-state index >= 15 is 0 Å². The lowest BCUT2D eigenvalue weighted by molar-refractivity contribution is -0.137. The van der Waals surface area contributed by atoms with Gasteiger partial charge in [0.05, 0.1) is 12.7 Å². The molecule has 0 bridgehead atoms. The molecular weight excluding hydrogens is 248 g/mol. The third-order valence-electron chi connectivity index (χ3n) is 3.28. The van der Waals surface area contributed by atoms with Crippen molar-refractivity contribution in [3.05, 3.63) is 60.4 Å². The average molecular weight is 272 g/mol. The summed E-state index contributed by atoms with van der Waals surface area (Å²) >= 11 is 0. The van der Waals surface area contributed by atoms with Crippen molar-refractivity contribution < 1.29 is 9.53 Å². The minimum atomic E-state index is -0.226. The van der Waals surface area contributed by atoms with Crippen molar-refractivity contribution in [3.63, 3.8) is 0 Å². The molecule has 2 atom stereocenters. The number of hydrogen-bond donors (Lipinski definition) is 0. The van der Waals surface area contributed by atoms with Gasteiger partial charge in [-0.15, -0.1) is 0 Å². The Morgan fingerprint density at radius 1 is 1.15 bits per heavy atom. The molecule has 20 heavy (non-hydrogen) atoms. The molecule has 0 spiro atoms. The number of ether oxygens (including phenoxy) is 1. The first-order chi connectivity index (χ1) is 9.63. The molecule has 0 fully saturated rings. The van der Waals surface area contributed by atoms with E-state index < -0.39 is 0 Å². The number of esters is 1. The number of hydrogen-bond acceptors (Lipinski definition) is 2. The third kappa shape index (κ3) is 6.37. The maximum absolute atomic E-state index is 11.6. The van der Waals surface area contributed by atoms with Gasteiger partial charge in [-0.25, -0.2) is 0 Å². The summed E-state index contributed by atoms with van der Waals surface area (Å²) in [6, 6.07) is 9.61. The van der Waals surface area contributed by atoms with Gasteiger partial charge in [0.15, 0.2) is 0 Å². The number of benzene rings is 1. The molecule has 0 amide bonds. The van der Waals surface area contributed by atoms with Crippen LogP contribution in [0.3, 0.4) is 0 Å². The Morgan fingerprint density at radius 2 is 1.80 bits per heavy atom. The van der Waals surface area contributed by atoms with E-state index in [9.17, 15) is 4.79 Å². The van der Waals surface area contributed by atoms with Gasteiger partial charge < -0.3 is 4.74 Å². The highest BCUT2D eigenvalue weighted by Crippen LogP contribution is 2.14. The van der Waals surface area contributed by atoms with Crippen molar-refractivity contribution in [2.24, 2.45) is 11.8 Å². The third-order valence-corrected chi connectivity index (χ3v) is 3.28. The molecule has 1 aromatic carbocycles. The second kappa shape index (κ2) is 9.13. The highest BCUT2D eigenvalue weighted by atomic mass is 16.5. The van der Waals surface area contributed by atoms with E-state index in [1.807, 2.05) is 36.4 Å². The van der Waals surface area contributed by atoms with Crippen LogP contribution in [-0.4, -0.2) is 5.97 Å². The van der Waals surface area contributed by atoms with Gasteiger partial charge in [0.1, 0.15) is 0 Å². The van der Waals surface area contributed by atoms with E-state index in [4.69, 9.17) is 4.74 Å². The van der Waals surface area contributed by atoms with Crippen molar-refractivity contribution in [2.75, 3.05) is 0 Å². The zero-order valence-electron chi connectivity index (χ0n) is 12.6. The minimum absolute atomic E-state index is 0.226. The van der Waals surface area contributed by atoms with Gasteiger partial charge in [-0.1, -0.05) is 63.3 Å². The first-order valence-electron chi connectivity index (χ1n) is 7.20. The maximum Gasteiger partial charge on any atom is 0.315 e. The van der Waals surface area contributed by atoms with Crippen LogP contribution in [0.25, 0.3) is 0 Å². The molecule has 1 aromatic rings. The lowest BCUT2D eigenvalue weighted by Gasteiger charge is -2.11. The predicted octanol–water partition coefficient (Wildman–Crippen LogP) is 4.52. The molecule has 1 rings (SSSR count). The van der Waals surface area contributed by atoms with E-state index in [1.165, 1.54) is 6.26 Å². The maximum atomic E-state index is 11.6. The number of rotatable bonds is 7. The van der Waals surface area contributed by atoms with E-state index in [-0.39, 0.29) is 5.97 Å². The normalized spacial score (nSPS) is 14.6. The van der Waals surface area contributed by atoms with Crippen molar-refractivity contribution in [1.82, 2.24) is 0 Å². The average Bonchev–Trinajstić information content (AvgIpc) is 2.45. The predicted molar refractivity (Wildman–Crippen MR) is 83.1 cm³/mol. The molecular formula is C18H24O2. The number of carbonyl (C=O) groups excluding carboxylic acids is 1. The smallest absolute Gasteiger partial charge is 0.315 e. The minimum Gasteiger partial charge on any atom is -0.435 e. The molecule has 0 saturated carbocycles. The largest absolute Gasteiger partial charge is 0.435 e. The molecule has 0 heterocycles. The lowest BCUT2D eigenvalue weighted by Crippen LogP contribution is -2.05. The topological polar surface area (TPSA) is 26.3 Å². The summed E-state index contributed by atoms with van der Waals surface area (Å²) in [5.74, 6) is 0.567. The van der Waals surface area contributed by atoms with E-state index in [2.05, 4.69) is 32.9 Å². The zero-order valence-corrected chi connectivity index (χ0v) is 12.6. The highest BCUT2D eigenvalue weighted by Gasteiger charge is 2.06. The summed E-state index contributed by atoms with van der Waals surface area (Å²) in [6.07, 6.45) is 9.18. The van der Waals surface area contributed by atoms with Gasteiger partial charge >= 0.3 is 5.97 Å². The molecule has 108 valence electrons. The summed E-state index contributed by atoms with van der Waals surface area (Å²) in [7, 11) is 0. The molecule has 0 aromatic heterocycles. The van der Waals surface area contributed by atoms with Crippen LogP contribution in [0.1, 0.15) is 32.8 Å². The summed E-state index contributed by atoms with van der Waals surface area (Å²) in [5, 5.41) is 0. The van der Waals surface area contributed by atoms with Crippen LogP contribution >= 0.6 is 0 Å². The molecule has 0 radical (unpaired) electrons. The molecule has 0 saturated heterocycles. The Labute approximate surface area is 122 Å². The standard InChI is InChI=1S/C18H24O2/c1-4-5-9-15(2)16(3)12-13-20-18(19)14-17-10-7-6-8-11-17/h5-13,15-16H,4,14H2,1-3H3/b9-5+,13-12+. The van der Waals surface area contributed by atoms with Crippen LogP contribution in [0.5, 0.6) is 0 Å². The molecule has 0 N–H and O–H groups in total. The van der Waals surface area contributed by atoms with Crippen LogP contribution in [-0.2, 0) is 16.0 Å². The molecule has 0 aliphatic heterocycles. The summed E-state index contributed by atoms with van der Waals surface area (Å²) in [6.45, 7) is 6.40. The lowest BCUT2D eigenvalue weighted by atomic mass is 9.95. The first-order valence-corrected chi connectivity index (χ1v) is 7.20. The monoisotopic (exact) mass is 272 g/mol. The second-order valence-electron chi connectivity index (χ2n) is 5.04. The van der Waals surface area contributed by atoms with Crippen molar-refractivity contribution in [1.29, 1.82) is 0 Å². The zero-order chi connectivity index (χ0) is 14.8. The van der Waals surface area contributed by atoms with Gasteiger partial charge in [0.25, 0.3) is 0 Å². The Hall–Kier alpha value is -1.83. The summed E-state index contributed by atoms with van der Waals surface area (Å²) in [4.78, 5) is 11.6. The van der Waals surface area contributed by atoms with Gasteiger partial charge in [-0.05, 0) is 29.9 Å². The van der Waals surface area contributed by atoms with Crippen LogP contribution in [0.2, 0.25) is 0 Å². The number of allylic oxidation sites excluding steroid dienone is 3. The molecule has 2 nitrogen and oxygen atoms in total. The molecule has 0 aliphatic rings. The Bertz CT molecular complexity index is 446. The summed E-state index contributed by atoms with van der Waals surface area (Å²) in [5.41, 5.74) is 0.971. The second-order valence-corrected chi connectivity index (χ2v) is 5.04. The van der Waals surface area contributed by atoms with Gasteiger partial charge in [0, 0.05) is 0 Å². The first kappa shape index (κ1) is 16.2. The van der Waals surface area contributed by atoms with Gasteiger partial charge in [-0.3, -0.25) is 4.79 Å². The van der Waals surface area contributed by atoms with Crippen LogP contribution in [0.4, 0.5) is 0 Å². The van der Waals surface area contributed by atoms with Crippen molar-refractivity contribution >= 4 is 5.97 Å². The Balaban J connectivity index is 2.36. The van der Waals surface area contributed by atoms with Gasteiger partial charge in [-0.2, -0.15) is 0 Å². The summed E-state index contributed by atoms with van der Waals surface area (Å²) < 4.78 is 5.13. The van der Waals surface area contributed by atoms with E-state index in [1.54, 1.807) is 0 Å². The Morgan fingerprint density at radius 3 is 2.45 bits per heavy atom. The van der Waals surface area contributed by atoms with Crippen LogP contribution in [0.15, 0.2) is 54.8 Å². The van der Waals surface area contributed by atoms with E-state index in [0.717, 1.165) is 12.0 Å². The Kier molecular flexibility index (Phi) is 7.41. The quantitative estimate of drug-likeness (QED) is 0.414. The SMILES string of the molecule is CC/C=C/C(C)C(C)/C=C/OC(=O)Cc1ccccc1. The van der Waals surface area contributed by atoms with E-state index in [0.29, 0.717) is 18.3 Å². The van der Waals surface area contributed by atoms with Crippen LogP contribution in [0, 0.1) is 11.8 Å². The fourth-order valence-corrected chi connectivity index (χ4v) is 1.74. The fraction of sp³-hybridized carbons (Fsp3) is 0.389. The van der Waals surface area contributed by atoms with Crippen molar-refractivity contribution in [2.45, 2.75) is 33.6 Å². The highest BCUT2D eigenvalue weighted by molar-refractivity contribution is 5.73. The molecule has 2 heteroatoms. The molecule has 0 aliphatic carbocycles. The number of carbonyl (C=O) groups is 1.